The molecule has 24 heavy (non-hydrogen) atoms. The van der Waals surface area contributed by atoms with Crippen molar-refractivity contribution in [2.24, 2.45) is 0 Å². The Morgan fingerprint density at radius 1 is 1.42 bits per heavy atom. The van der Waals surface area contributed by atoms with E-state index < -0.39 is 5.82 Å². The molecule has 0 saturated heterocycles. The second-order valence-corrected chi connectivity index (χ2v) is 7.44. The van der Waals surface area contributed by atoms with Crippen molar-refractivity contribution >= 4 is 66.4 Å². The van der Waals surface area contributed by atoms with Crippen molar-refractivity contribution in [3.05, 3.63) is 49.6 Å². The monoisotopic (exact) mass is 427 g/mol. The van der Waals surface area contributed by atoms with E-state index in [0.717, 1.165) is 21.1 Å². The highest BCUT2D eigenvalue weighted by atomic mass is 79.9. The van der Waals surface area contributed by atoms with Crippen molar-refractivity contribution in [1.82, 2.24) is 4.98 Å². The summed E-state index contributed by atoms with van der Waals surface area (Å²) in [6, 6.07) is 3.98. The maximum absolute atomic E-state index is 13.2. The number of nitrogens with two attached hydrogens (primary N) is 1. The maximum Gasteiger partial charge on any atom is 0.267 e. The summed E-state index contributed by atoms with van der Waals surface area (Å²) in [5.41, 5.74) is 8.72. The molecule has 0 spiro atoms. The molecule has 0 aliphatic heterocycles. The van der Waals surface area contributed by atoms with Crippen LogP contribution in [0, 0.1) is 19.7 Å². The average Bonchev–Trinajstić information content (AvgIpc) is 2.85. The van der Waals surface area contributed by atoms with Crippen LogP contribution in [0.2, 0.25) is 5.02 Å². The Kier molecular flexibility index (Phi) is 4.50. The van der Waals surface area contributed by atoms with Crippen molar-refractivity contribution in [3.8, 4) is 0 Å². The maximum atomic E-state index is 13.2. The number of halogens is 3. The van der Waals surface area contributed by atoms with Crippen molar-refractivity contribution in [2.45, 2.75) is 13.8 Å². The number of benzene rings is 1. The summed E-state index contributed by atoms with van der Waals surface area (Å²) >= 11 is 10.4. The number of carbonyl (C=O) groups excluding carboxylic acids is 1. The fraction of sp³-hybridized carbons (Fsp3) is 0.125. The second kappa shape index (κ2) is 6.31. The largest absolute Gasteiger partial charge is 0.397 e. The summed E-state index contributed by atoms with van der Waals surface area (Å²) in [7, 11) is 0. The summed E-state index contributed by atoms with van der Waals surface area (Å²) in [5, 5.41) is 3.38. The quantitative estimate of drug-likeness (QED) is 0.582. The van der Waals surface area contributed by atoms with Gasteiger partial charge in [0.1, 0.15) is 15.5 Å². The summed E-state index contributed by atoms with van der Waals surface area (Å²) in [6.07, 6.45) is 0. The lowest BCUT2D eigenvalue weighted by Crippen LogP contribution is -2.12. The lowest BCUT2D eigenvalue weighted by Gasteiger charge is -2.06. The number of amides is 1. The number of pyridine rings is 1. The predicted octanol–water partition coefficient (Wildman–Crippen LogP) is 5.30. The molecule has 0 radical (unpaired) electrons. The van der Waals surface area contributed by atoms with E-state index >= 15 is 0 Å². The van der Waals surface area contributed by atoms with Crippen molar-refractivity contribution < 1.29 is 9.18 Å². The minimum absolute atomic E-state index is 0.0609. The van der Waals surface area contributed by atoms with Gasteiger partial charge in [0, 0.05) is 15.5 Å². The SMILES string of the molecule is Cc1nc2sc(C(=O)Nc3ccc(F)c(Cl)c3)c(N)c2c(C)c1Br. The van der Waals surface area contributed by atoms with Gasteiger partial charge in [-0.05, 0) is 53.5 Å². The second-order valence-electron chi connectivity index (χ2n) is 5.24. The molecule has 0 aliphatic carbocycles. The van der Waals surface area contributed by atoms with Gasteiger partial charge in [0.2, 0.25) is 0 Å². The van der Waals surface area contributed by atoms with E-state index in [4.69, 9.17) is 17.3 Å². The summed E-state index contributed by atoms with van der Waals surface area (Å²) in [6.45, 7) is 3.80. The van der Waals surface area contributed by atoms with Gasteiger partial charge >= 0.3 is 0 Å². The van der Waals surface area contributed by atoms with Crippen molar-refractivity contribution in [1.29, 1.82) is 0 Å². The number of carbonyl (C=O) groups is 1. The molecule has 0 saturated carbocycles. The molecule has 2 aromatic heterocycles. The summed E-state index contributed by atoms with van der Waals surface area (Å²) in [5.74, 6) is -0.928. The van der Waals surface area contributed by atoms with Crippen LogP contribution in [-0.4, -0.2) is 10.9 Å². The number of aryl methyl sites for hydroxylation is 2. The van der Waals surface area contributed by atoms with Gasteiger partial charge in [-0.15, -0.1) is 11.3 Å². The first-order valence-electron chi connectivity index (χ1n) is 6.90. The topological polar surface area (TPSA) is 68.0 Å². The number of nitrogens with zero attached hydrogens (tertiary/aromatic N) is 1. The molecule has 0 unspecified atom stereocenters. The standard InChI is InChI=1S/C16H12BrClFN3OS/c1-6-11-13(20)14(24-16(11)21-7(2)12(6)17)15(23)22-8-3-4-10(19)9(18)5-8/h3-5H,20H2,1-2H3,(H,22,23). The molecule has 3 N–H and O–H groups in total. The van der Waals surface area contributed by atoms with E-state index in [9.17, 15) is 9.18 Å². The first-order valence-corrected chi connectivity index (χ1v) is 8.89. The van der Waals surface area contributed by atoms with E-state index in [-0.39, 0.29) is 10.9 Å². The van der Waals surface area contributed by atoms with Gasteiger partial charge in [-0.1, -0.05) is 11.6 Å². The molecule has 3 aromatic rings. The van der Waals surface area contributed by atoms with Gasteiger partial charge in [0.05, 0.1) is 16.4 Å². The number of anilines is 2. The van der Waals surface area contributed by atoms with Crippen LogP contribution in [0.15, 0.2) is 22.7 Å². The summed E-state index contributed by atoms with van der Waals surface area (Å²) in [4.78, 5) is 18.1. The highest BCUT2D eigenvalue weighted by Gasteiger charge is 2.21. The molecule has 0 fully saturated rings. The van der Waals surface area contributed by atoms with E-state index in [1.54, 1.807) is 0 Å². The number of nitrogens with one attached hydrogen (secondary N) is 1. The van der Waals surface area contributed by atoms with Crippen LogP contribution in [0.1, 0.15) is 20.9 Å². The number of thiophene rings is 1. The van der Waals surface area contributed by atoms with Gasteiger partial charge in [-0.25, -0.2) is 9.37 Å². The zero-order valence-electron chi connectivity index (χ0n) is 12.7. The van der Waals surface area contributed by atoms with Crippen LogP contribution >= 0.6 is 38.9 Å². The molecule has 3 rings (SSSR count). The highest BCUT2D eigenvalue weighted by Crippen LogP contribution is 2.38. The number of rotatable bonds is 2. The van der Waals surface area contributed by atoms with Crippen molar-refractivity contribution in [3.63, 3.8) is 0 Å². The van der Waals surface area contributed by atoms with Gasteiger partial charge in [-0.2, -0.15) is 0 Å². The van der Waals surface area contributed by atoms with E-state index in [0.29, 0.717) is 21.1 Å². The third-order valence-electron chi connectivity index (χ3n) is 3.60. The Bertz CT molecular complexity index is 989. The van der Waals surface area contributed by atoms with Gasteiger partial charge in [0.25, 0.3) is 5.91 Å². The van der Waals surface area contributed by atoms with Gasteiger partial charge in [-0.3, -0.25) is 4.79 Å². The number of aromatic nitrogens is 1. The molecule has 4 nitrogen and oxygen atoms in total. The Hall–Kier alpha value is -1.70. The van der Waals surface area contributed by atoms with Crippen molar-refractivity contribution in [2.75, 3.05) is 11.1 Å². The lowest BCUT2D eigenvalue weighted by molar-refractivity contribution is 0.103. The Labute approximate surface area is 155 Å². The Morgan fingerprint density at radius 3 is 2.79 bits per heavy atom. The first-order chi connectivity index (χ1) is 11.3. The molecule has 0 aliphatic rings. The normalized spacial score (nSPS) is 11.0. The van der Waals surface area contributed by atoms with Gasteiger partial charge < -0.3 is 11.1 Å². The molecule has 0 atom stereocenters. The van der Waals surface area contributed by atoms with Crippen LogP contribution in [0.25, 0.3) is 10.2 Å². The minimum atomic E-state index is -0.545. The zero-order chi connectivity index (χ0) is 17.6. The van der Waals surface area contributed by atoms with E-state index in [1.165, 1.54) is 29.5 Å². The third kappa shape index (κ3) is 2.87. The molecule has 1 amide bonds. The molecule has 8 heteroatoms. The van der Waals surface area contributed by atoms with E-state index in [1.807, 2.05) is 13.8 Å². The van der Waals surface area contributed by atoms with E-state index in [2.05, 4.69) is 26.2 Å². The van der Waals surface area contributed by atoms with Crippen LogP contribution in [-0.2, 0) is 0 Å². The van der Waals surface area contributed by atoms with Crippen LogP contribution < -0.4 is 11.1 Å². The number of fused-ring (bicyclic) bond motifs is 1. The summed E-state index contributed by atoms with van der Waals surface area (Å²) < 4.78 is 14.1. The number of hydrogen-bond acceptors (Lipinski definition) is 4. The molecular weight excluding hydrogens is 417 g/mol. The predicted molar refractivity (Wildman–Crippen MR) is 101 cm³/mol. The molecule has 124 valence electrons. The Balaban J connectivity index is 2.02. The first kappa shape index (κ1) is 17.1. The fourth-order valence-electron chi connectivity index (χ4n) is 2.39. The van der Waals surface area contributed by atoms with Crippen LogP contribution in [0.5, 0.6) is 0 Å². The number of hydrogen-bond donors (Lipinski definition) is 2. The molecule has 0 bridgehead atoms. The lowest BCUT2D eigenvalue weighted by atomic mass is 10.1. The van der Waals surface area contributed by atoms with Crippen LogP contribution in [0.4, 0.5) is 15.8 Å². The zero-order valence-corrected chi connectivity index (χ0v) is 15.9. The average molecular weight is 429 g/mol. The minimum Gasteiger partial charge on any atom is -0.397 e. The number of nitrogen functional groups attached to an aromatic ring is 1. The molecule has 1 aromatic carbocycles. The smallest absolute Gasteiger partial charge is 0.267 e. The fourth-order valence-corrected chi connectivity index (χ4v) is 3.95. The Morgan fingerprint density at radius 2 is 2.12 bits per heavy atom. The van der Waals surface area contributed by atoms with Gasteiger partial charge in [0.15, 0.2) is 0 Å². The van der Waals surface area contributed by atoms with Crippen LogP contribution in [0.3, 0.4) is 0 Å². The highest BCUT2D eigenvalue weighted by molar-refractivity contribution is 9.10. The molecule has 2 heterocycles. The molecular formula is C16H12BrClFN3OS. The third-order valence-corrected chi connectivity index (χ3v) is 6.16.